The summed E-state index contributed by atoms with van der Waals surface area (Å²) < 4.78 is 0. The van der Waals surface area contributed by atoms with Crippen LogP contribution >= 0.6 is 0 Å². The SMILES string of the molecule is CCN1CC2C(C3CN(C)CN(CC)C3C3CN4CN(CC5C4C(O)CC4CN(C)CN(CC)C45)C23)N(C)C1. The van der Waals surface area contributed by atoms with E-state index in [1.54, 1.807) is 0 Å². The third-order valence-electron chi connectivity index (χ3n) is 12.4. The number of hydrogen-bond donors (Lipinski definition) is 1. The normalized spacial score (nSPS) is 51.9. The maximum Gasteiger partial charge on any atom is 0.0703 e. The second kappa shape index (κ2) is 10.4. The Balaban J connectivity index is 1.26. The van der Waals surface area contributed by atoms with Gasteiger partial charge in [0.15, 0.2) is 0 Å². The molecule has 2 saturated carbocycles. The molecular weight excluding hydrogens is 488 g/mol. The first kappa shape index (κ1) is 27.5. The van der Waals surface area contributed by atoms with Gasteiger partial charge in [-0.25, -0.2) is 0 Å². The van der Waals surface area contributed by atoms with Crippen molar-refractivity contribution in [2.75, 3.05) is 100 Å². The monoisotopic (exact) mass is 544 g/mol. The molecular formula is C30H56N8O. The standard InChI is InChI=1S/C30H56N8O/c1-7-34-13-22-27(33(6)18-34)21-12-32(5)17-36(9-3)28(21)24-15-38-19-37(29(22)24)14-23-26-20(10-25(39)30(23)38)11-31(4)16-35(26)8-2/h20-30,39H,7-19H2,1-6H3. The number of hydrogen-bond acceptors (Lipinski definition) is 9. The molecule has 7 rings (SSSR count). The number of rotatable bonds is 3. The minimum atomic E-state index is -0.191. The molecule has 2 aliphatic carbocycles. The van der Waals surface area contributed by atoms with Gasteiger partial charge in [0, 0.05) is 86.6 Å². The Labute approximate surface area is 237 Å². The first-order chi connectivity index (χ1) is 18.8. The van der Waals surface area contributed by atoms with Crippen LogP contribution in [0.25, 0.3) is 0 Å². The summed E-state index contributed by atoms with van der Waals surface area (Å²) >= 11 is 0. The molecule has 13 atom stereocenters. The van der Waals surface area contributed by atoms with Crippen LogP contribution < -0.4 is 0 Å². The lowest BCUT2D eigenvalue weighted by atomic mass is 9.60. The van der Waals surface area contributed by atoms with Crippen molar-refractivity contribution in [3.63, 3.8) is 0 Å². The van der Waals surface area contributed by atoms with Gasteiger partial charge in [-0.2, -0.15) is 0 Å². The van der Waals surface area contributed by atoms with Crippen LogP contribution in [-0.2, 0) is 0 Å². The summed E-state index contributed by atoms with van der Waals surface area (Å²) in [6.45, 7) is 20.8. The number of nitrogens with zero attached hydrogens (tertiary/aromatic N) is 8. The van der Waals surface area contributed by atoms with Crippen molar-refractivity contribution >= 4 is 0 Å². The van der Waals surface area contributed by atoms with Crippen molar-refractivity contribution in [2.24, 2.45) is 29.6 Å². The molecule has 2 bridgehead atoms. The van der Waals surface area contributed by atoms with E-state index in [0.717, 1.165) is 59.3 Å². The van der Waals surface area contributed by atoms with E-state index >= 15 is 0 Å². The molecule has 0 aromatic carbocycles. The molecule has 7 fully saturated rings. The maximum absolute atomic E-state index is 11.7. The zero-order valence-electron chi connectivity index (χ0n) is 25.6. The van der Waals surface area contributed by atoms with Crippen LogP contribution in [0.2, 0.25) is 0 Å². The van der Waals surface area contributed by atoms with Crippen LogP contribution in [0.3, 0.4) is 0 Å². The lowest BCUT2D eigenvalue weighted by Gasteiger charge is -2.69. The highest BCUT2D eigenvalue weighted by molar-refractivity contribution is 5.16. The summed E-state index contributed by atoms with van der Waals surface area (Å²) in [7, 11) is 7.02. The van der Waals surface area contributed by atoms with Crippen LogP contribution in [0.15, 0.2) is 0 Å². The van der Waals surface area contributed by atoms with Crippen LogP contribution in [0.5, 0.6) is 0 Å². The highest BCUT2D eigenvalue weighted by atomic mass is 16.3. The van der Waals surface area contributed by atoms with E-state index < -0.39 is 0 Å². The molecule has 0 spiro atoms. The molecule has 0 aromatic heterocycles. The van der Waals surface area contributed by atoms with Crippen LogP contribution in [-0.4, -0.2) is 181 Å². The van der Waals surface area contributed by atoms with E-state index in [4.69, 9.17) is 0 Å². The topological polar surface area (TPSA) is 46.2 Å². The minimum absolute atomic E-state index is 0.191. The minimum Gasteiger partial charge on any atom is -0.391 e. The van der Waals surface area contributed by atoms with E-state index in [2.05, 4.69) is 81.1 Å². The lowest BCUT2D eigenvalue weighted by Crippen LogP contribution is -2.82. The Morgan fingerprint density at radius 3 is 1.85 bits per heavy atom. The van der Waals surface area contributed by atoms with Gasteiger partial charge < -0.3 is 5.11 Å². The Hall–Kier alpha value is -0.360. The number of fused-ring (bicyclic) bond motifs is 13. The Morgan fingerprint density at radius 2 is 1.15 bits per heavy atom. The average molecular weight is 545 g/mol. The third-order valence-corrected chi connectivity index (χ3v) is 12.4. The largest absolute Gasteiger partial charge is 0.391 e. The second-order valence-corrected chi connectivity index (χ2v) is 14.6. The summed E-state index contributed by atoms with van der Waals surface area (Å²) in [5.74, 6) is 3.18. The molecule has 9 heteroatoms. The molecule has 0 radical (unpaired) electrons. The summed E-state index contributed by atoms with van der Waals surface area (Å²) in [5, 5.41) is 11.7. The molecule has 5 heterocycles. The van der Waals surface area contributed by atoms with Gasteiger partial charge in [-0.3, -0.25) is 39.2 Å². The Kier molecular flexibility index (Phi) is 7.34. The molecule has 0 aromatic rings. The fraction of sp³-hybridized carbons (Fsp3) is 1.00. The molecule has 9 nitrogen and oxygen atoms in total. The van der Waals surface area contributed by atoms with Gasteiger partial charge in [0.1, 0.15) is 0 Å². The van der Waals surface area contributed by atoms with Crippen molar-refractivity contribution in [3.8, 4) is 0 Å². The smallest absolute Gasteiger partial charge is 0.0703 e. The predicted molar refractivity (Wildman–Crippen MR) is 155 cm³/mol. The predicted octanol–water partition coefficient (Wildman–Crippen LogP) is -0.0483. The van der Waals surface area contributed by atoms with Crippen molar-refractivity contribution in [2.45, 2.75) is 63.5 Å². The molecule has 222 valence electrons. The summed E-state index contributed by atoms with van der Waals surface area (Å²) in [4.78, 5) is 21.9. The van der Waals surface area contributed by atoms with Gasteiger partial charge in [0.05, 0.1) is 32.8 Å². The fourth-order valence-electron chi connectivity index (χ4n) is 11.5. The fourth-order valence-corrected chi connectivity index (χ4v) is 11.5. The molecule has 7 aliphatic rings. The second-order valence-electron chi connectivity index (χ2n) is 14.6. The first-order valence-corrected chi connectivity index (χ1v) is 16.3. The van der Waals surface area contributed by atoms with Crippen molar-refractivity contribution in [3.05, 3.63) is 0 Å². The van der Waals surface area contributed by atoms with Gasteiger partial charge in [0.25, 0.3) is 0 Å². The van der Waals surface area contributed by atoms with Crippen molar-refractivity contribution < 1.29 is 5.11 Å². The highest BCUT2D eigenvalue weighted by Gasteiger charge is 2.63. The van der Waals surface area contributed by atoms with E-state index in [1.165, 1.54) is 26.2 Å². The number of aliphatic hydroxyl groups is 1. The van der Waals surface area contributed by atoms with Gasteiger partial charge in [-0.1, -0.05) is 20.8 Å². The van der Waals surface area contributed by atoms with E-state index in [1.807, 2.05) is 0 Å². The molecule has 39 heavy (non-hydrogen) atoms. The lowest BCUT2D eigenvalue weighted by molar-refractivity contribution is -0.226. The average Bonchev–Trinajstić information content (AvgIpc) is 2.90. The van der Waals surface area contributed by atoms with Gasteiger partial charge in [0.2, 0.25) is 0 Å². The van der Waals surface area contributed by atoms with Crippen LogP contribution in [0.4, 0.5) is 0 Å². The zero-order chi connectivity index (χ0) is 27.2. The first-order valence-electron chi connectivity index (χ1n) is 16.3. The van der Waals surface area contributed by atoms with Crippen LogP contribution in [0, 0.1) is 29.6 Å². The maximum atomic E-state index is 11.7. The summed E-state index contributed by atoms with van der Waals surface area (Å²) in [6.07, 6.45) is 0.777. The molecule has 0 amide bonds. The molecule has 13 unspecified atom stereocenters. The highest BCUT2D eigenvalue weighted by Crippen LogP contribution is 2.51. The Bertz CT molecular complexity index is 893. The summed E-state index contributed by atoms with van der Waals surface area (Å²) in [6, 6.07) is 2.85. The quantitative estimate of drug-likeness (QED) is 0.527. The van der Waals surface area contributed by atoms with E-state index in [0.29, 0.717) is 59.8 Å². The summed E-state index contributed by atoms with van der Waals surface area (Å²) in [5.41, 5.74) is 0. The Morgan fingerprint density at radius 1 is 0.564 bits per heavy atom. The van der Waals surface area contributed by atoms with Gasteiger partial charge in [-0.05, 0) is 53.1 Å². The number of aliphatic hydroxyl groups excluding tert-OH is 1. The van der Waals surface area contributed by atoms with Crippen LogP contribution in [0.1, 0.15) is 27.2 Å². The van der Waals surface area contributed by atoms with Gasteiger partial charge >= 0.3 is 0 Å². The van der Waals surface area contributed by atoms with E-state index in [9.17, 15) is 5.11 Å². The molecule has 5 aliphatic heterocycles. The van der Waals surface area contributed by atoms with Crippen molar-refractivity contribution in [1.29, 1.82) is 0 Å². The third kappa shape index (κ3) is 4.28. The van der Waals surface area contributed by atoms with Crippen molar-refractivity contribution in [1.82, 2.24) is 39.2 Å². The molecule has 1 N–H and O–H groups in total. The van der Waals surface area contributed by atoms with E-state index in [-0.39, 0.29) is 6.10 Å². The zero-order valence-corrected chi connectivity index (χ0v) is 25.6. The molecule has 5 saturated heterocycles. The van der Waals surface area contributed by atoms with Gasteiger partial charge in [-0.15, -0.1) is 0 Å².